The van der Waals surface area contributed by atoms with Gasteiger partial charge >= 0.3 is 5.97 Å². The number of carbonyl (C=O) groups is 1. The lowest BCUT2D eigenvalue weighted by Crippen LogP contribution is -2.01. The van der Waals surface area contributed by atoms with Gasteiger partial charge in [-0.15, -0.1) is 0 Å². The predicted molar refractivity (Wildman–Crippen MR) is 56.7 cm³/mol. The summed E-state index contributed by atoms with van der Waals surface area (Å²) in [6.07, 6.45) is 0.795. The van der Waals surface area contributed by atoms with E-state index >= 15 is 0 Å². The Labute approximate surface area is 94.9 Å². The summed E-state index contributed by atoms with van der Waals surface area (Å²) in [4.78, 5) is 10.9. The normalized spacial score (nSPS) is 14.5. The Hall–Kier alpha value is -1.23. The van der Waals surface area contributed by atoms with Crippen LogP contribution in [0.1, 0.15) is 16.8 Å². The topological polar surface area (TPSA) is 55.8 Å². The van der Waals surface area contributed by atoms with Gasteiger partial charge in [-0.05, 0) is 28.1 Å². The van der Waals surface area contributed by atoms with Gasteiger partial charge in [0.2, 0.25) is 0 Å². The van der Waals surface area contributed by atoms with Crippen LogP contribution in [-0.2, 0) is 0 Å². The first-order valence-electron chi connectivity index (χ1n) is 4.51. The summed E-state index contributed by atoms with van der Waals surface area (Å²) < 4.78 is 11.3. The zero-order valence-electron chi connectivity index (χ0n) is 7.83. The summed E-state index contributed by atoms with van der Waals surface area (Å²) >= 11 is 3.22. The molecule has 0 saturated heterocycles. The van der Waals surface area contributed by atoms with Gasteiger partial charge in [-0.3, -0.25) is 0 Å². The smallest absolute Gasteiger partial charge is 0.336 e. The second kappa shape index (κ2) is 4.10. The fourth-order valence-corrected chi connectivity index (χ4v) is 1.98. The van der Waals surface area contributed by atoms with E-state index in [9.17, 15) is 4.79 Å². The highest BCUT2D eigenvalue weighted by molar-refractivity contribution is 9.10. The summed E-state index contributed by atoms with van der Waals surface area (Å²) in [7, 11) is 0. The standard InChI is InChI=1S/C10H9BrO4/c11-8-6(10(12)13)2-3-7-9(8)15-5-1-4-14-7/h2-3H,1,4-5H2,(H,12,13). The number of halogens is 1. The highest BCUT2D eigenvalue weighted by atomic mass is 79.9. The van der Waals surface area contributed by atoms with Gasteiger partial charge in [0, 0.05) is 6.42 Å². The number of ether oxygens (including phenoxy) is 2. The van der Waals surface area contributed by atoms with E-state index in [-0.39, 0.29) is 5.56 Å². The van der Waals surface area contributed by atoms with Crippen LogP contribution in [0, 0.1) is 0 Å². The van der Waals surface area contributed by atoms with Crippen molar-refractivity contribution in [2.75, 3.05) is 13.2 Å². The molecule has 1 aromatic rings. The quantitative estimate of drug-likeness (QED) is 0.853. The van der Waals surface area contributed by atoms with Gasteiger partial charge in [-0.1, -0.05) is 0 Å². The Kier molecular flexibility index (Phi) is 2.81. The molecule has 0 bridgehead atoms. The van der Waals surface area contributed by atoms with Crippen molar-refractivity contribution < 1.29 is 19.4 Å². The first-order valence-corrected chi connectivity index (χ1v) is 5.31. The van der Waals surface area contributed by atoms with Crippen molar-refractivity contribution in [2.24, 2.45) is 0 Å². The minimum absolute atomic E-state index is 0.180. The van der Waals surface area contributed by atoms with Crippen molar-refractivity contribution in [1.29, 1.82) is 0 Å². The largest absolute Gasteiger partial charge is 0.490 e. The van der Waals surface area contributed by atoms with E-state index in [0.717, 1.165) is 6.42 Å². The van der Waals surface area contributed by atoms with Gasteiger partial charge in [-0.2, -0.15) is 0 Å². The van der Waals surface area contributed by atoms with Crippen LogP contribution in [0.4, 0.5) is 0 Å². The molecule has 0 saturated carbocycles. The minimum atomic E-state index is -0.988. The molecule has 0 spiro atoms. The van der Waals surface area contributed by atoms with Crippen molar-refractivity contribution in [1.82, 2.24) is 0 Å². The van der Waals surface area contributed by atoms with E-state index in [4.69, 9.17) is 14.6 Å². The van der Waals surface area contributed by atoms with Crippen molar-refractivity contribution in [2.45, 2.75) is 6.42 Å². The van der Waals surface area contributed by atoms with Crippen molar-refractivity contribution in [3.8, 4) is 11.5 Å². The van der Waals surface area contributed by atoms with E-state index in [2.05, 4.69) is 15.9 Å². The number of carboxylic acid groups (broad SMARTS) is 1. The lowest BCUT2D eigenvalue weighted by atomic mass is 10.2. The van der Waals surface area contributed by atoms with E-state index in [0.29, 0.717) is 29.2 Å². The van der Waals surface area contributed by atoms with Crippen molar-refractivity contribution in [3.63, 3.8) is 0 Å². The molecule has 1 N–H and O–H groups in total. The van der Waals surface area contributed by atoms with Crippen LogP contribution < -0.4 is 9.47 Å². The third kappa shape index (κ3) is 1.92. The van der Waals surface area contributed by atoms with Crippen LogP contribution in [0.15, 0.2) is 16.6 Å². The number of hydrogen-bond donors (Lipinski definition) is 1. The summed E-state index contributed by atoms with van der Waals surface area (Å²) in [6.45, 7) is 1.13. The van der Waals surface area contributed by atoms with Gasteiger partial charge in [-0.25, -0.2) is 4.79 Å². The molecule has 5 heteroatoms. The van der Waals surface area contributed by atoms with Gasteiger partial charge in [0.05, 0.1) is 23.2 Å². The van der Waals surface area contributed by atoms with Gasteiger partial charge < -0.3 is 14.6 Å². The molecule has 2 rings (SSSR count). The molecule has 15 heavy (non-hydrogen) atoms. The van der Waals surface area contributed by atoms with E-state index < -0.39 is 5.97 Å². The Morgan fingerprint density at radius 3 is 2.80 bits per heavy atom. The fourth-order valence-electron chi connectivity index (χ4n) is 1.37. The molecule has 0 radical (unpaired) electrons. The highest BCUT2D eigenvalue weighted by Gasteiger charge is 2.19. The van der Waals surface area contributed by atoms with Gasteiger partial charge in [0.25, 0.3) is 0 Å². The number of benzene rings is 1. The maximum absolute atomic E-state index is 10.9. The summed E-state index contributed by atoms with van der Waals surface area (Å²) in [5.41, 5.74) is 0.180. The maximum atomic E-state index is 10.9. The first kappa shape index (κ1) is 10.3. The molecule has 1 heterocycles. The fraction of sp³-hybridized carbons (Fsp3) is 0.300. The summed E-state index contributed by atoms with van der Waals surface area (Å²) in [5, 5.41) is 8.91. The number of carboxylic acids is 1. The van der Waals surface area contributed by atoms with Crippen LogP contribution in [-0.4, -0.2) is 24.3 Å². The van der Waals surface area contributed by atoms with Crippen LogP contribution in [0.3, 0.4) is 0 Å². The third-order valence-corrected chi connectivity index (χ3v) is 2.87. The number of fused-ring (bicyclic) bond motifs is 1. The molecule has 1 aromatic carbocycles. The molecule has 0 fully saturated rings. The average molecular weight is 273 g/mol. The second-order valence-corrected chi connectivity index (χ2v) is 3.90. The van der Waals surface area contributed by atoms with Gasteiger partial charge in [0.15, 0.2) is 11.5 Å². The third-order valence-electron chi connectivity index (χ3n) is 2.08. The first-order chi connectivity index (χ1) is 7.20. The van der Waals surface area contributed by atoms with Gasteiger partial charge in [0.1, 0.15) is 0 Å². The van der Waals surface area contributed by atoms with Crippen molar-refractivity contribution in [3.05, 3.63) is 22.2 Å². The Morgan fingerprint density at radius 2 is 2.07 bits per heavy atom. The average Bonchev–Trinajstić information content (AvgIpc) is 2.43. The Bertz CT molecular complexity index is 403. The summed E-state index contributed by atoms with van der Waals surface area (Å²) in [6, 6.07) is 3.12. The van der Waals surface area contributed by atoms with E-state index in [1.54, 1.807) is 6.07 Å². The Balaban J connectivity index is 2.50. The monoisotopic (exact) mass is 272 g/mol. The molecule has 0 aromatic heterocycles. The summed E-state index contributed by atoms with van der Waals surface area (Å²) in [5.74, 6) is 0.0781. The zero-order valence-corrected chi connectivity index (χ0v) is 9.41. The molecule has 1 aliphatic rings. The van der Waals surface area contributed by atoms with Crippen LogP contribution in [0.2, 0.25) is 0 Å². The zero-order chi connectivity index (χ0) is 10.8. The SMILES string of the molecule is O=C(O)c1ccc2c(c1Br)OCCCO2. The number of hydrogen-bond acceptors (Lipinski definition) is 3. The van der Waals surface area contributed by atoms with Crippen LogP contribution in [0.5, 0.6) is 11.5 Å². The maximum Gasteiger partial charge on any atom is 0.336 e. The second-order valence-electron chi connectivity index (χ2n) is 3.11. The number of aromatic carboxylic acids is 1. The lowest BCUT2D eigenvalue weighted by molar-refractivity contribution is 0.0695. The van der Waals surface area contributed by atoms with Crippen LogP contribution in [0.25, 0.3) is 0 Å². The minimum Gasteiger partial charge on any atom is -0.490 e. The highest BCUT2D eigenvalue weighted by Crippen LogP contribution is 2.39. The molecular weight excluding hydrogens is 264 g/mol. The molecule has 0 aliphatic carbocycles. The molecular formula is C10H9BrO4. The molecule has 80 valence electrons. The molecule has 1 aliphatic heterocycles. The molecule has 0 unspecified atom stereocenters. The van der Waals surface area contributed by atoms with Crippen LogP contribution >= 0.6 is 15.9 Å². The molecule has 0 atom stereocenters. The molecule has 0 amide bonds. The number of rotatable bonds is 1. The van der Waals surface area contributed by atoms with Crippen molar-refractivity contribution >= 4 is 21.9 Å². The predicted octanol–water partition coefficient (Wildman–Crippen LogP) is 2.31. The van der Waals surface area contributed by atoms with E-state index in [1.807, 2.05) is 0 Å². The lowest BCUT2D eigenvalue weighted by Gasteiger charge is -2.10. The van der Waals surface area contributed by atoms with E-state index in [1.165, 1.54) is 6.07 Å². The Morgan fingerprint density at radius 1 is 1.33 bits per heavy atom. The molecule has 4 nitrogen and oxygen atoms in total.